The lowest BCUT2D eigenvalue weighted by Gasteiger charge is -2.09. The van der Waals surface area contributed by atoms with Gasteiger partial charge in [-0.25, -0.2) is 9.97 Å². The molecule has 0 bridgehead atoms. The van der Waals surface area contributed by atoms with E-state index < -0.39 is 0 Å². The fourth-order valence-electron chi connectivity index (χ4n) is 3.37. The zero-order valence-corrected chi connectivity index (χ0v) is 15.1. The molecule has 2 heterocycles. The summed E-state index contributed by atoms with van der Waals surface area (Å²) in [6.07, 6.45) is 3.68. The maximum absolute atomic E-state index is 6.07. The van der Waals surface area contributed by atoms with E-state index in [9.17, 15) is 0 Å². The Kier molecular flexibility index (Phi) is 4.89. The zero-order chi connectivity index (χ0) is 18.6. The number of benzene rings is 2. The van der Waals surface area contributed by atoms with Gasteiger partial charge in [-0.05, 0) is 30.5 Å². The summed E-state index contributed by atoms with van der Waals surface area (Å²) in [6, 6.07) is 16.0. The summed E-state index contributed by atoms with van der Waals surface area (Å²) in [4.78, 5) is 8.87. The summed E-state index contributed by atoms with van der Waals surface area (Å²) in [5.74, 6) is 0.462. The monoisotopic (exact) mass is 361 g/mol. The van der Waals surface area contributed by atoms with Crippen molar-refractivity contribution in [3.05, 3.63) is 60.4 Å². The number of hydrogen-bond acceptors (Lipinski definition) is 5. The minimum Gasteiger partial charge on any atom is -0.399 e. The standard InChI is InChI=1S/C21H23N5O/c22-17-9-3-1-6-15(17)7-5-12-27-13-11-26-14-24-19-20(26)16-8-2-4-10-18(16)25-21(19)23/h1-4,6,8-10,14H,5,7,11-13,22H2,(H2,23,25). The molecule has 2 aromatic heterocycles. The number of anilines is 2. The Bertz CT molecular complexity index is 1070. The quantitative estimate of drug-likeness (QED) is 0.389. The first-order chi connectivity index (χ1) is 13.2. The number of aryl methyl sites for hydroxylation is 1. The molecule has 4 rings (SSSR count). The van der Waals surface area contributed by atoms with Gasteiger partial charge in [0.25, 0.3) is 0 Å². The molecule has 4 aromatic rings. The van der Waals surface area contributed by atoms with Gasteiger partial charge in [-0.3, -0.25) is 0 Å². The predicted molar refractivity (Wildman–Crippen MR) is 109 cm³/mol. The van der Waals surface area contributed by atoms with E-state index in [1.807, 2.05) is 48.8 Å². The van der Waals surface area contributed by atoms with Crippen LogP contribution >= 0.6 is 0 Å². The largest absolute Gasteiger partial charge is 0.399 e. The van der Waals surface area contributed by atoms with E-state index in [0.717, 1.165) is 47.0 Å². The SMILES string of the molecule is Nc1ccccc1CCCOCCn1cnc2c(N)nc3ccccc3c21. The van der Waals surface area contributed by atoms with Crippen LogP contribution in [0.15, 0.2) is 54.9 Å². The molecule has 27 heavy (non-hydrogen) atoms. The second kappa shape index (κ2) is 7.63. The van der Waals surface area contributed by atoms with Crippen molar-refractivity contribution in [3.63, 3.8) is 0 Å². The first kappa shape index (κ1) is 17.3. The van der Waals surface area contributed by atoms with Gasteiger partial charge in [0.2, 0.25) is 0 Å². The van der Waals surface area contributed by atoms with Crippen LogP contribution in [0.3, 0.4) is 0 Å². The molecular weight excluding hydrogens is 338 g/mol. The highest BCUT2D eigenvalue weighted by molar-refractivity contribution is 6.06. The summed E-state index contributed by atoms with van der Waals surface area (Å²) >= 11 is 0. The number of fused-ring (bicyclic) bond motifs is 3. The number of nitrogens with two attached hydrogens (primary N) is 2. The highest BCUT2D eigenvalue weighted by Crippen LogP contribution is 2.26. The van der Waals surface area contributed by atoms with Crippen LogP contribution < -0.4 is 11.5 Å². The number of nitrogens with zero attached hydrogens (tertiary/aromatic N) is 3. The number of aromatic nitrogens is 3. The molecule has 6 nitrogen and oxygen atoms in total. The van der Waals surface area contributed by atoms with Gasteiger partial charge >= 0.3 is 0 Å². The van der Waals surface area contributed by atoms with Crippen LogP contribution in [0.1, 0.15) is 12.0 Å². The van der Waals surface area contributed by atoms with E-state index in [1.54, 1.807) is 0 Å². The third-order valence-electron chi connectivity index (χ3n) is 4.75. The van der Waals surface area contributed by atoms with Crippen LogP contribution in [0, 0.1) is 0 Å². The van der Waals surface area contributed by atoms with Gasteiger partial charge in [-0.1, -0.05) is 36.4 Å². The summed E-state index contributed by atoms with van der Waals surface area (Å²) in [5.41, 5.74) is 16.7. The molecule has 138 valence electrons. The van der Waals surface area contributed by atoms with Crippen LogP contribution in [-0.4, -0.2) is 27.7 Å². The second-order valence-electron chi connectivity index (χ2n) is 6.56. The van der Waals surface area contributed by atoms with Crippen LogP contribution in [0.25, 0.3) is 21.9 Å². The third-order valence-corrected chi connectivity index (χ3v) is 4.75. The molecule has 0 aliphatic heterocycles. The number of pyridine rings is 1. The third kappa shape index (κ3) is 3.57. The molecule has 0 fully saturated rings. The highest BCUT2D eigenvalue weighted by atomic mass is 16.5. The van der Waals surface area contributed by atoms with Crippen LogP contribution in [0.2, 0.25) is 0 Å². The van der Waals surface area contributed by atoms with Gasteiger partial charge in [0.15, 0.2) is 5.82 Å². The van der Waals surface area contributed by atoms with Crippen LogP contribution in [0.5, 0.6) is 0 Å². The van der Waals surface area contributed by atoms with E-state index in [0.29, 0.717) is 19.0 Å². The van der Waals surface area contributed by atoms with Crippen molar-refractivity contribution < 1.29 is 4.74 Å². The number of rotatable bonds is 7. The Hall–Kier alpha value is -3.12. The zero-order valence-electron chi connectivity index (χ0n) is 15.1. The minimum absolute atomic E-state index is 0.462. The van der Waals surface area contributed by atoms with Crippen molar-refractivity contribution in [2.45, 2.75) is 19.4 Å². The average molecular weight is 361 g/mol. The molecule has 0 unspecified atom stereocenters. The lowest BCUT2D eigenvalue weighted by atomic mass is 10.1. The predicted octanol–water partition coefficient (Wildman–Crippen LogP) is 3.40. The summed E-state index contributed by atoms with van der Waals surface area (Å²) in [5, 5.41) is 1.05. The van der Waals surface area contributed by atoms with E-state index in [-0.39, 0.29) is 0 Å². The molecule has 4 N–H and O–H groups in total. The van der Waals surface area contributed by atoms with Crippen molar-refractivity contribution in [2.24, 2.45) is 0 Å². The van der Waals surface area contributed by atoms with Crippen molar-refractivity contribution in [1.29, 1.82) is 0 Å². The lowest BCUT2D eigenvalue weighted by Crippen LogP contribution is -2.07. The smallest absolute Gasteiger partial charge is 0.152 e. The first-order valence-corrected chi connectivity index (χ1v) is 9.14. The van der Waals surface area contributed by atoms with Crippen LogP contribution in [0.4, 0.5) is 11.5 Å². The summed E-state index contributed by atoms with van der Waals surface area (Å²) < 4.78 is 7.91. The maximum atomic E-state index is 6.07. The van der Waals surface area contributed by atoms with E-state index in [2.05, 4.69) is 20.6 Å². The average Bonchev–Trinajstić information content (AvgIpc) is 3.11. The number of ether oxygens (including phenoxy) is 1. The van der Waals surface area contributed by atoms with Gasteiger partial charge in [-0.15, -0.1) is 0 Å². The molecule has 0 aliphatic rings. The number of nitrogen functional groups attached to an aromatic ring is 2. The Morgan fingerprint density at radius 2 is 1.78 bits per heavy atom. The molecule has 0 radical (unpaired) electrons. The Morgan fingerprint density at radius 3 is 2.67 bits per heavy atom. The fraction of sp³-hybridized carbons (Fsp3) is 0.238. The Morgan fingerprint density at radius 1 is 0.963 bits per heavy atom. The molecule has 0 saturated heterocycles. The molecule has 0 spiro atoms. The highest BCUT2D eigenvalue weighted by Gasteiger charge is 2.11. The normalized spacial score (nSPS) is 11.4. The minimum atomic E-state index is 0.462. The molecule has 0 saturated carbocycles. The number of hydrogen-bond donors (Lipinski definition) is 2. The van der Waals surface area contributed by atoms with Gasteiger partial charge < -0.3 is 20.8 Å². The molecule has 2 aromatic carbocycles. The fourth-order valence-corrected chi connectivity index (χ4v) is 3.37. The van der Waals surface area contributed by atoms with Gasteiger partial charge in [0.05, 0.1) is 24.0 Å². The number of imidazole rings is 1. The summed E-state index contributed by atoms with van der Waals surface area (Å²) in [7, 11) is 0. The molecule has 0 amide bonds. The lowest BCUT2D eigenvalue weighted by molar-refractivity contribution is 0.125. The first-order valence-electron chi connectivity index (χ1n) is 9.14. The molecule has 0 atom stereocenters. The second-order valence-corrected chi connectivity index (χ2v) is 6.56. The Labute approximate surface area is 157 Å². The van der Waals surface area contributed by atoms with Crippen molar-refractivity contribution >= 4 is 33.4 Å². The molecule has 0 aliphatic carbocycles. The molecular formula is C21H23N5O. The Balaban J connectivity index is 1.38. The van der Waals surface area contributed by atoms with Crippen molar-refractivity contribution in [3.8, 4) is 0 Å². The molecule has 6 heteroatoms. The van der Waals surface area contributed by atoms with Gasteiger partial charge in [-0.2, -0.15) is 0 Å². The number of para-hydroxylation sites is 2. The van der Waals surface area contributed by atoms with Gasteiger partial charge in [0.1, 0.15) is 5.52 Å². The van der Waals surface area contributed by atoms with Crippen molar-refractivity contribution in [1.82, 2.24) is 14.5 Å². The van der Waals surface area contributed by atoms with Gasteiger partial charge in [0, 0.05) is 24.2 Å². The van der Waals surface area contributed by atoms with Crippen molar-refractivity contribution in [2.75, 3.05) is 24.7 Å². The van der Waals surface area contributed by atoms with E-state index in [1.165, 1.54) is 5.56 Å². The van der Waals surface area contributed by atoms with E-state index >= 15 is 0 Å². The summed E-state index contributed by atoms with van der Waals surface area (Å²) in [6.45, 7) is 2.04. The van der Waals surface area contributed by atoms with E-state index in [4.69, 9.17) is 16.2 Å². The topological polar surface area (TPSA) is 92.0 Å². The van der Waals surface area contributed by atoms with Crippen LogP contribution in [-0.2, 0) is 17.7 Å². The maximum Gasteiger partial charge on any atom is 0.152 e.